The van der Waals surface area contributed by atoms with Gasteiger partial charge in [0.1, 0.15) is 30.5 Å². The average Bonchev–Trinajstić information content (AvgIpc) is 2.77. The first kappa shape index (κ1) is 29.2. The minimum absolute atomic E-state index is 0.0498. The first-order valence-corrected chi connectivity index (χ1v) is 11.1. The molecule has 192 valence electrons. The van der Waals surface area contributed by atoms with Gasteiger partial charge in [-0.1, -0.05) is 12.8 Å². The Morgan fingerprint density at radius 1 is 1.03 bits per heavy atom. The molecule has 0 aromatic heterocycles. The van der Waals surface area contributed by atoms with Crippen molar-refractivity contribution in [2.75, 3.05) is 19.8 Å². The van der Waals surface area contributed by atoms with E-state index in [-0.39, 0.29) is 19.4 Å². The third kappa shape index (κ3) is 10.3. The summed E-state index contributed by atoms with van der Waals surface area (Å²) in [5.41, 5.74) is 10.6. The maximum Gasteiger partial charge on any atom is 0.242 e. The number of hydrogen-bond acceptors (Lipinski definition) is 10. The third-order valence-electron chi connectivity index (χ3n) is 5.23. The van der Waals surface area contributed by atoms with Gasteiger partial charge in [0.25, 0.3) is 0 Å². The third-order valence-corrected chi connectivity index (χ3v) is 5.23. The second-order valence-electron chi connectivity index (χ2n) is 8.13. The van der Waals surface area contributed by atoms with Crippen molar-refractivity contribution in [3.63, 3.8) is 0 Å². The molecule has 0 unspecified atom stereocenters. The fourth-order valence-electron chi connectivity index (χ4n) is 3.18. The number of ether oxygens (including phenoxy) is 2. The highest BCUT2D eigenvalue weighted by atomic mass is 16.7. The van der Waals surface area contributed by atoms with Crippen LogP contribution in [0.3, 0.4) is 0 Å². The molecule has 7 atom stereocenters. The predicted octanol–water partition coefficient (Wildman–Crippen LogP) is -3.42. The van der Waals surface area contributed by atoms with E-state index in [2.05, 4.69) is 10.6 Å². The van der Waals surface area contributed by atoms with E-state index >= 15 is 0 Å². The molecule has 0 bridgehead atoms. The Bertz CT molecular complexity index is 620. The van der Waals surface area contributed by atoms with Gasteiger partial charge < -0.3 is 52.0 Å². The standard InChI is InChI=1S/C20H38N4O9/c1-11(21)18(30)24-12(6-7-14(22)26)19(31)23-8-4-2-3-5-9-32-20-17(29)16(28)15(27)13(10-25)33-20/h11-13,15-17,20,25,27-29H,2-10,21H2,1H3,(H2,22,26)(H,23,31)(H,24,30)/t11-,12+,13-,15-,16+,17-,20-/m1/s1. The number of carbonyl (C=O) groups excluding carboxylic acids is 3. The number of nitrogens with two attached hydrogens (primary N) is 2. The first-order chi connectivity index (χ1) is 15.6. The Balaban J connectivity index is 2.25. The molecule has 0 spiro atoms. The maximum absolute atomic E-state index is 12.3. The molecule has 0 radical (unpaired) electrons. The highest BCUT2D eigenvalue weighted by Crippen LogP contribution is 2.22. The summed E-state index contributed by atoms with van der Waals surface area (Å²) < 4.78 is 10.7. The van der Waals surface area contributed by atoms with Gasteiger partial charge in [-0.05, 0) is 26.2 Å². The van der Waals surface area contributed by atoms with E-state index in [9.17, 15) is 29.7 Å². The number of nitrogens with one attached hydrogen (secondary N) is 2. The number of amides is 3. The number of unbranched alkanes of at least 4 members (excludes halogenated alkanes) is 3. The summed E-state index contributed by atoms with van der Waals surface area (Å²) in [4.78, 5) is 35.1. The van der Waals surface area contributed by atoms with Gasteiger partial charge >= 0.3 is 0 Å². The lowest BCUT2D eigenvalue weighted by atomic mass is 9.99. The number of rotatable bonds is 15. The molecule has 13 nitrogen and oxygen atoms in total. The lowest BCUT2D eigenvalue weighted by Gasteiger charge is -2.39. The highest BCUT2D eigenvalue weighted by molar-refractivity contribution is 5.89. The van der Waals surface area contributed by atoms with Crippen LogP contribution in [0.15, 0.2) is 0 Å². The van der Waals surface area contributed by atoms with Crippen LogP contribution in [0.2, 0.25) is 0 Å². The minimum atomic E-state index is -1.48. The van der Waals surface area contributed by atoms with E-state index in [1.54, 1.807) is 0 Å². The summed E-state index contributed by atoms with van der Waals surface area (Å²) >= 11 is 0. The van der Waals surface area contributed by atoms with Crippen LogP contribution in [0.25, 0.3) is 0 Å². The number of aliphatic hydroxyl groups excluding tert-OH is 4. The van der Waals surface area contributed by atoms with Gasteiger partial charge in [-0.25, -0.2) is 0 Å². The summed E-state index contributed by atoms with van der Waals surface area (Å²) in [5, 5.41) is 43.7. The molecule has 0 saturated carbocycles. The molecule has 1 aliphatic rings. The number of carbonyl (C=O) groups is 3. The molecule has 1 aliphatic heterocycles. The van der Waals surface area contributed by atoms with Gasteiger partial charge in [0.15, 0.2) is 6.29 Å². The molecule has 13 heteroatoms. The van der Waals surface area contributed by atoms with E-state index in [0.717, 1.165) is 12.8 Å². The molecule has 10 N–H and O–H groups in total. The van der Waals surface area contributed by atoms with E-state index in [0.29, 0.717) is 19.4 Å². The number of primary amides is 1. The van der Waals surface area contributed by atoms with E-state index in [4.69, 9.17) is 26.0 Å². The lowest BCUT2D eigenvalue weighted by Crippen LogP contribution is -2.59. The molecule has 1 rings (SSSR count). The van der Waals surface area contributed by atoms with Crippen LogP contribution in [0.4, 0.5) is 0 Å². The zero-order chi connectivity index (χ0) is 25.0. The predicted molar refractivity (Wildman–Crippen MR) is 115 cm³/mol. The zero-order valence-electron chi connectivity index (χ0n) is 18.9. The van der Waals surface area contributed by atoms with Crippen molar-refractivity contribution in [2.24, 2.45) is 11.5 Å². The van der Waals surface area contributed by atoms with E-state index in [1.165, 1.54) is 6.92 Å². The minimum Gasteiger partial charge on any atom is -0.394 e. The summed E-state index contributed by atoms with van der Waals surface area (Å²) in [7, 11) is 0. The fraction of sp³-hybridized carbons (Fsp3) is 0.850. The second-order valence-corrected chi connectivity index (χ2v) is 8.13. The Labute approximate surface area is 192 Å². The monoisotopic (exact) mass is 478 g/mol. The van der Waals surface area contributed by atoms with Gasteiger partial charge in [0, 0.05) is 19.6 Å². The van der Waals surface area contributed by atoms with Gasteiger partial charge in [0.05, 0.1) is 12.6 Å². The first-order valence-electron chi connectivity index (χ1n) is 11.1. The SMILES string of the molecule is C[C@@H](N)C(=O)N[C@@H](CCC(N)=O)C(=O)NCCCCCCO[C@@H]1O[C@H](CO)[C@@H](O)[C@H](O)[C@H]1O. The zero-order valence-corrected chi connectivity index (χ0v) is 18.9. The fourth-order valence-corrected chi connectivity index (χ4v) is 3.18. The Morgan fingerprint density at radius 2 is 1.70 bits per heavy atom. The number of aliphatic hydroxyl groups is 4. The topological polar surface area (TPSA) is 227 Å². The molecule has 1 saturated heterocycles. The summed E-state index contributed by atoms with van der Waals surface area (Å²) in [6.07, 6.45) is -3.67. The van der Waals surface area contributed by atoms with E-state index < -0.39 is 67.1 Å². The molecule has 33 heavy (non-hydrogen) atoms. The Morgan fingerprint density at radius 3 is 2.30 bits per heavy atom. The van der Waals surface area contributed by atoms with Crippen LogP contribution in [0.1, 0.15) is 45.4 Å². The van der Waals surface area contributed by atoms with Crippen LogP contribution < -0.4 is 22.1 Å². The summed E-state index contributed by atoms with van der Waals surface area (Å²) in [6.45, 7) is 1.57. The molecule has 1 heterocycles. The Hall–Kier alpha value is -1.87. The summed E-state index contributed by atoms with van der Waals surface area (Å²) in [5.74, 6) is -1.50. The van der Waals surface area contributed by atoms with Gasteiger partial charge in [-0.15, -0.1) is 0 Å². The molecule has 0 aromatic carbocycles. The lowest BCUT2D eigenvalue weighted by molar-refractivity contribution is -0.301. The normalized spacial score (nSPS) is 26.9. The summed E-state index contributed by atoms with van der Waals surface area (Å²) in [6, 6.07) is -1.69. The van der Waals surface area contributed by atoms with E-state index in [1.807, 2.05) is 0 Å². The van der Waals surface area contributed by atoms with Crippen LogP contribution in [0.5, 0.6) is 0 Å². The van der Waals surface area contributed by atoms with Crippen LogP contribution in [-0.2, 0) is 23.9 Å². The van der Waals surface area contributed by atoms with Gasteiger partial charge in [-0.2, -0.15) is 0 Å². The molecule has 3 amide bonds. The highest BCUT2D eigenvalue weighted by Gasteiger charge is 2.43. The van der Waals surface area contributed by atoms with Crippen LogP contribution in [0, 0.1) is 0 Å². The van der Waals surface area contributed by atoms with Gasteiger partial charge in [0.2, 0.25) is 17.7 Å². The van der Waals surface area contributed by atoms with Gasteiger partial charge in [-0.3, -0.25) is 14.4 Å². The molecular weight excluding hydrogens is 440 g/mol. The molecule has 0 aromatic rings. The molecule has 1 fully saturated rings. The van der Waals surface area contributed by atoms with Crippen molar-refractivity contribution in [1.82, 2.24) is 10.6 Å². The largest absolute Gasteiger partial charge is 0.394 e. The Kier molecular flexibility index (Phi) is 13.4. The van der Waals surface area contributed by atoms with Crippen molar-refractivity contribution in [1.29, 1.82) is 0 Å². The smallest absolute Gasteiger partial charge is 0.242 e. The van der Waals surface area contributed by atoms with Crippen molar-refractivity contribution in [3.05, 3.63) is 0 Å². The van der Waals surface area contributed by atoms with Crippen LogP contribution in [-0.4, -0.2) is 101 Å². The van der Waals surface area contributed by atoms with Crippen molar-refractivity contribution < 1.29 is 44.3 Å². The average molecular weight is 479 g/mol. The molecular formula is C20H38N4O9. The van der Waals surface area contributed by atoms with Crippen LogP contribution >= 0.6 is 0 Å². The maximum atomic E-state index is 12.3. The van der Waals surface area contributed by atoms with Crippen molar-refractivity contribution in [2.45, 2.75) is 88.2 Å². The van der Waals surface area contributed by atoms with Crippen molar-refractivity contribution in [3.8, 4) is 0 Å². The number of hydrogen-bond donors (Lipinski definition) is 8. The molecule has 0 aliphatic carbocycles. The second kappa shape index (κ2) is 15.1. The quantitative estimate of drug-likeness (QED) is 0.109. The van der Waals surface area contributed by atoms with Crippen molar-refractivity contribution >= 4 is 17.7 Å².